The zero-order valence-corrected chi connectivity index (χ0v) is 11.2. The maximum absolute atomic E-state index is 11.0. The molecule has 0 atom stereocenters. The highest BCUT2D eigenvalue weighted by atomic mass is 16.7. The molecule has 18 heavy (non-hydrogen) atoms. The zero-order valence-electron chi connectivity index (χ0n) is 11.2. The quantitative estimate of drug-likeness (QED) is 0.760. The predicted molar refractivity (Wildman–Crippen MR) is 71.8 cm³/mol. The Balaban J connectivity index is 2.63. The minimum Gasteiger partial charge on any atom is -0.380 e. The molecule has 100 valence electrons. The van der Waals surface area contributed by atoms with E-state index in [2.05, 4.69) is 10.6 Å². The topological polar surface area (TPSA) is 59.6 Å². The lowest BCUT2D eigenvalue weighted by Gasteiger charge is -2.16. The van der Waals surface area contributed by atoms with Gasteiger partial charge < -0.3 is 20.1 Å². The van der Waals surface area contributed by atoms with Crippen LogP contribution in [0.15, 0.2) is 18.2 Å². The molecule has 5 heteroatoms. The number of benzene rings is 1. The first-order valence-electron chi connectivity index (χ1n) is 5.74. The Morgan fingerprint density at radius 1 is 1.33 bits per heavy atom. The first-order valence-corrected chi connectivity index (χ1v) is 5.74. The molecule has 0 spiro atoms. The van der Waals surface area contributed by atoms with E-state index in [-0.39, 0.29) is 12.2 Å². The van der Waals surface area contributed by atoms with Gasteiger partial charge in [-0.1, -0.05) is 0 Å². The van der Waals surface area contributed by atoms with Crippen LogP contribution >= 0.6 is 0 Å². The summed E-state index contributed by atoms with van der Waals surface area (Å²) in [6, 6.07) is 5.74. The van der Waals surface area contributed by atoms with Crippen molar-refractivity contribution in [3.05, 3.63) is 23.8 Å². The standard InChI is InChI=1S/C13H20N2O3/c1-9-7-11(14-8-13(17-3)18-4)5-6-12(9)15-10(2)16/h5-7,13-14H,8H2,1-4H3,(H,15,16). The second-order valence-corrected chi connectivity index (χ2v) is 3.99. The lowest BCUT2D eigenvalue weighted by atomic mass is 10.1. The van der Waals surface area contributed by atoms with Crippen molar-refractivity contribution in [1.82, 2.24) is 0 Å². The number of ether oxygens (including phenoxy) is 2. The number of carbonyl (C=O) groups is 1. The van der Waals surface area contributed by atoms with Crippen molar-refractivity contribution in [1.29, 1.82) is 0 Å². The van der Waals surface area contributed by atoms with Crippen LogP contribution in [0.1, 0.15) is 12.5 Å². The van der Waals surface area contributed by atoms with Gasteiger partial charge in [-0.05, 0) is 30.7 Å². The third-order valence-corrected chi connectivity index (χ3v) is 2.54. The minimum absolute atomic E-state index is 0.0716. The Bertz CT molecular complexity index is 403. The van der Waals surface area contributed by atoms with Gasteiger partial charge in [0, 0.05) is 32.5 Å². The average Bonchev–Trinajstić information content (AvgIpc) is 2.33. The van der Waals surface area contributed by atoms with Gasteiger partial charge in [-0.2, -0.15) is 0 Å². The fourth-order valence-electron chi connectivity index (χ4n) is 1.57. The van der Waals surface area contributed by atoms with E-state index >= 15 is 0 Å². The number of methoxy groups -OCH3 is 2. The van der Waals surface area contributed by atoms with Crippen LogP contribution in [0, 0.1) is 6.92 Å². The SMILES string of the molecule is COC(CNc1ccc(NC(C)=O)c(C)c1)OC. The van der Waals surface area contributed by atoms with Gasteiger partial charge in [0.1, 0.15) is 0 Å². The van der Waals surface area contributed by atoms with Crippen molar-refractivity contribution in [2.24, 2.45) is 0 Å². The molecule has 5 nitrogen and oxygen atoms in total. The maximum atomic E-state index is 11.0. The van der Waals surface area contributed by atoms with Gasteiger partial charge in [0.2, 0.25) is 5.91 Å². The van der Waals surface area contributed by atoms with Crippen molar-refractivity contribution < 1.29 is 14.3 Å². The van der Waals surface area contributed by atoms with Crippen molar-refractivity contribution in [3.8, 4) is 0 Å². The summed E-state index contributed by atoms with van der Waals surface area (Å²) in [5.41, 5.74) is 2.78. The van der Waals surface area contributed by atoms with Gasteiger partial charge in [-0.15, -0.1) is 0 Å². The molecule has 0 radical (unpaired) electrons. The first kappa shape index (κ1) is 14.5. The van der Waals surface area contributed by atoms with E-state index in [0.717, 1.165) is 16.9 Å². The molecule has 0 saturated heterocycles. The maximum Gasteiger partial charge on any atom is 0.221 e. The molecular weight excluding hydrogens is 232 g/mol. The molecule has 1 aromatic carbocycles. The highest BCUT2D eigenvalue weighted by Gasteiger charge is 2.05. The number of anilines is 2. The van der Waals surface area contributed by atoms with E-state index in [1.54, 1.807) is 14.2 Å². The number of hydrogen-bond donors (Lipinski definition) is 2. The Morgan fingerprint density at radius 2 is 2.00 bits per heavy atom. The number of carbonyl (C=O) groups excluding carboxylic acids is 1. The Labute approximate surface area is 107 Å². The summed E-state index contributed by atoms with van der Waals surface area (Å²) < 4.78 is 10.2. The third-order valence-electron chi connectivity index (χ3n) is 2.54. The summed E-state index contributed by atoms with van der Waals surface area (Å²) in [4.78, 5) is 11.0. The van der Waals surface area contributed by atoms with Gasteiger partial charge >= 0.3 is 0 Å². The zero-order chi connectivity index (χ0) is 13.5. The number of amides is 1. The lowest BCUT2D eigenvalue weighted by Crippen LogP contribution is -2.23. The van der Waals surface area contributed by atoms with E-state index in [9.17, 15) is 4.79 Å². The molecule has 0 saturated carbocycles. The van der Waals surface area contributed by atoms with Gasteiger partial charge in [-0.3, -0.25) is 4.79 Å². The molecule has 0 aliphatic rings. The molecule has 1 aromatic rings. The highest BCUT2D eigenvalue weighted by Crippen LogP contribution is 2.19. The molecule has 2 N–H and O–H groups in total. The molecule has 0 fully saturated rings. The molecule has 0 heterocycles. The normalized spacial score (nSPS) is 10.5. The van der Waals surface area contributed by atoms with Gasteiger partial charge in [0.25, 0.3) is 0 Å². The number of nitrogens with one attached hydrogen (secondary N) is 2. The fourth-order valence-corrected chi connectivity index (χ4v) is 1.57. The van der Waals surface area contributed by atoms with E-state index < -0.39 is 0 Å². The molecule has 0 aromatic heterocycles. The van der Waals surface area contributed by atoms with Crippen LogP contribution in [0.25, 0.3) is 0 Å². The van der Waals surface area contributed by atoms with Crippen molar-refractivity contribution in [2.75, 3.05) is 31.4 Å². The lowest BCUT2D eigenvalue weighted by molar-refractivity contribution is -0.114. The Morgan fingerprint density at radius 3 is 2.50 bits per heavy atom. The second kappa shape index (κ2) is 6.98. The molecule has 0 bridgehead atoms. The van der Waals surface area contributed by atoms with Crippen LogP contribution in [0.5, 0.6) is 0 Å². The monoisotopic (exact) mass is 252 g/mol. The van der Waals surface area contributed by atoms with Crippen LogP contribution in [0.4, 0.5) is 11.4 Å². The summed E-state index contributed by atoms with van der Waals surface area (Å²) in [5, 5.41) is 5.98. The van der Waals surface area contributed by atoms with Crippen LogP contribution in [0.2, 0.25) is 0 Å². The molecule has 0 aliphatic carbocycles. The summed E-state index contributed by atoms with van der Waals surface area (Å²) in [7, 11) is 3.20. The summed E-state index contributed by atoms with van der Waals surface area (Å²) in [6.45, 7) is 4.00. The molecular formula is C13H20N2O3. The minimum atomic E-state index is -0.277. The van der Waals surface area contributed by atoms with Gasteiger partial charge in [0.05, 0.1) is 6.54 Å². The Hall–Kier alpha value is -1.59. The molecule has 0 unspecified atom stereocenters. The third kappa shape index (κ3) is 4.35. The van der Waals surface area contributed by atoms with Crippen molar-refractivity contribution in [2.45, 2.75) is 20.1 Å². The van der Waals surface area contributed by atoms with Crippen LogP contribution in [-0.2, 0) is 14.3 Å². The number of rotatable bonds is 6. The van der Waals surface area contributed by atoms with Crippen LogP contribution in [0.3, 0.4) is 0 Å². The highest BCUT2D eigenvalue weighted by molar-refractivity contribution is 5.89. The van der Waals surface area contributed by atoms with E-state index in [4.69, 9.17) is 9.47 Å². The van der Waals surface area contributed by atoms with Crippen molar-refractivity contribution >= 4 is 17.3 Å². The predicted octanol–water partition coefficient (Wildman–Crippen LogP) is 1.98. The van der Waals surface area contributed by atoms with E-state index in [0.29, 0.717) is 6.54 Å². The molecule has 1 amide bonds. The Kier molecular flexibility index (Phi) is 5.61. The van der Waals surface area contributed by atoms with Gasteiger partial charge in [-0.25, -0.2) is 0 Å². The number of hydrogen-bond acceptors (Lipinski definition) is 4. The van der Waals surface area contributed by atoms with E-state index in [1.807, 2.05) is 25.1 Å². The summed E-state index contributed by atoms with van der Waals surface area (Å²) in [6.07, 6.45) is -0.277. The van der Waals surface area contributed by atoms with E-state index in [1.165, 1.54) is 6.92 Å². The van der Waals surface area contributed by atoms with Gasteiger partial charge in [0.15, 0.2) is 6.29 Å². The largest absolute Gasteiger partial charge is 0.380 e. The summed E-state index contributed by atoms with van der Waals surface area (Å²) >= 11 is 0. The summed E-state index contributed by atoms with van der Waals surface area (Å²) in [5.74, 6) is -0.0716. The van der Waals surface area contributed by atoms with Crippen LogP contribution in [-0.4, -0.2) is 33.0 Å². The van der Waals surface area contributed by atoms with Crippen molar-refractivity contribution in [3.63, 3.8) is 0 Å². The first-order chi connectivity index (χ1) is 8.56. The average molecular weight is 252 g/mol. The molecule has 1 rings (SSSR count). The molecule has 0 aliphatic heterocycles. The van der Waals surface area contributed by atoms with Crippen LogP contribution < -0.4 is 10.6 Å². The fraction of sp³-hybridized carbons (Fsp3) is 0.462. The number of aryl methyl sites for hydroxylation is 1. The second-order valence-electron chi connectivity index (χ2n) is 3.99. The smallest absolute Gasteiger partial charge is 0.221 e.